The third-order valence-electron chi connectivity index (χ3n) is 4.46. The summed E-state index contributed by atoms with van der Waals surface area (Å²) in [4.78, 5) is 12.7. The Labute approximate surface area is 186 Å². The molecule has 1 N–H and O–H groups in total. The summed E-state index contributed by atoms with van der Waals surface area (Å²) < 4.78 is 32.9. The number of morpholine rings is 1. The number of hydrogen-bond donors (Lipinski definition) is 1. The minimum absolute atomic E-state index is 0.148. The van der Waals surface area contributed by atoms with Crippen LogP contribution in [0.15, 0.2) is 57.9 Å². The molecule has 3 aromatic rings. The molecule has 156 valence electrons. The van der Waals surface area contributed by atoms with Gasteiger partial charge in [-0.05, 0) is 36.4 Å². The van der Waals surface area contributed by atoms with E-state index in [9.17, 15) is 13.2 Å². The van der Waals surface area contributed by atoms with Crippen LogP contribution in [-0.2, 0) is 14.8 Å². The van der Waals surface area contributed by atoms with Gasteiger partial charge >= 0.3 is 0 Å². The van der Waals surface area contributed by atoms with Crippen LogP contribution in [0.1, 0.15) is 10.4 Å². The Balaban J connectivity index is 1.45. The van der Waals surface area contributed by atoms with Crippen molar-refractivity contribution in [3.05, 3.63) is 58.6 Å². The molecule has 1 aliphatic rings. The van der Waals surface area contributed by atoms with Crippen molar-refractivity contribution in [1.29, 1.82) is 0 Å². The van der Waals surface area contributed by atoms with E-state index < -0.39 is 10.0 Å². The molecular formula is C19H17BrN4O4S2. The first-order valence-corrected chi connectivity index (χ1v) is 12.1. The van der Waals surface area contributed by atoms with Crippen LogP contribution in [0.2, 0.25) is 0 Å². The number of benzene rings is 2. The van der Waals surface area contributed by atoms with Gasteiger partial charge in [0.2, 0.25) is 15.2 Å². The van der Waals surface area contributed by atoms with Gasteiger partial charge in [0.05, 0.1) is 18.1 Å². The topological polar surface area (TPSA) is 101 Å². The van der Waals surface area contributed by atoms with Gasteiger partial charge in [0.15, 0.2) is 0 Å². The van der Waals surface area contributed by atoms with Crippen molar-refractivity contribution in [2.24, 2.45) is 0 Å². The lowest BCUT2D eigenvalue weighted by Crippen LogP contribution is -2.40. The Morgan fingerprint density at radius 3 is 2.37 bits per heavy atom. The zero-order valence-corrected chi connectivity index (χ0v) is 18.8. The number of ether oxygens (including phenoxy) is 1. The van der Waals surface area contributed by atoms with Crippen molar-refractivity contribution in [2.75, 3.05) is 31.6 Å². The molecule has 0 unspecified atom stereocenters. The van der Waals surface area contributed by atoms with Gasteiger partial charge in [-0.15, -0.1) is 10.2 Å². The molecule has 30 heavy (non-hydrogen) atoms. The van der Waals surface area contributed by atoms with Crippen molar-refractivity contribution in [3.8, 4) is 10.6 Å². The second-order valence-electron chi connectivity index (χ2n) is 6.41. The predicted molar refractivity (Wildman–Crippen MR) is 117 cm³/mol. The Kier molecular flexibility index (Phi) is 6.25. The van der Waals surface area contributed by atoms with E-state index in [1.807, 2.05) is 24.3 Å². The smallest absolute Gasteiger partial charge is 0.257 e. The van der Waals surface area contributed by atoms with Gasteiger partial charge in [-0.25, -0.2) is 8.42 Å². The van der Waals surface area contributed by atoms with Crippen LogP contribution in [-0.4, -0.2) is 55.1 Å². The fourth-order valence-corrected chi connectivity index (χ4v) is 5.28. The Hall–Kier alpha value is -2.18. The molecule has 0 atom stereocenters. The maximum atomic E-state index is 12.7. The fourth-order valence-electron chi connectivity index (χ4n) is 2.87. The summed E-state index contributed by atoms with van der Waals surface area (Å²) in [6.07, 6.45) is 0. The molecule has 1 amide bonds. The third-order valence-corrected chi connectivity index (χ3v) is 7.79. The second kappa shape index (κ2) is 8.90. The first kappa shape index (κ1) is 21.1. The van der Waals surface area contributed by atoms with Crippen molar-refractivity contribution in [2.45, 2.75) is 4.90 Å². The number of carbonyl (C=O) groups excluding carboxylic acids is 1. The number of amides is 1. The molecule has 0 bridgehead atoms. The number of sulfonamides is 1. The van der Waals surface area contributed by atoms with Gasteiger partial charge in [-0.3, -0.25) is 10.1 Å². The van der Waals surface area contributed by atoms with E-state index in [0.29, 0.717) is 42.0 Å². The largest absolute Gasteiger partial charge is 0.379 e. The number of aromatic nitrogens is 2. The molecule has 0 spiro atoms. The Morgan fingerprint density at radius 1 is 1.03 bits per heavy atom. The minimum Gasteiger partial charge on any atom is -0.379 e. The summed E-state index contributed by atoms with van der Waals surface area (Å²) in [5.74, 6) is -0.385. The van der Waals surface area contributed by atoms with Crippen LogP contribution in [0.3, 0.4) is 0 Å². The van der Waals surface area contributed by atoms with E-state index in [4.69, 9.17) is 4.74 Å². The zero-order chi connectivity index (χ0) is 21.1. The fraction of sp³-hybridized carbons (Fsp3) is 0.211. The van der Waals surface area contributed by atoms with E-state index in [-0.39, 0.29) is 10.8 Å². The van der Waals surface area contributed by atoms with Crippen molar-refractivity contribution in [3.63, 3.8) is 0 Å². The summed E-state index contributed by atoms with van der Waals surface area (Å²) in [7, 11) is -3.60. The Bertz CT molecular complexity index is 1140. The number of halogens is 1. The first-order valence-electron chi connectivity index (χ1n) is 9.02. The minimum atomic E-state index is -3.60. The van der Waals surface area contributed by atoms with Gasteiger partial charge < -0.3 is 4.74 Å². The molecule has 0 radical (unpaired) electrons. The van der Waals surface area contributed by atoms with E-state index in [1.165, 1.54) is 39.9 Å². The average molecular weight is 509 g/mol. The average Bonchev–Trinajstić information content (AvgIpc) is 3.23. The van der Waals surface area contributed by atoms with E-state index in [0.717, 1.165) is 10.0 Å². The van der Waals surface area contributed by atoms with Crippen LogP contribution < -0.4 is 5.32 Å². The maximum absolute atomic E-state index is 12.7. The molecule has 1 saturated heterocycles. The third kappa shape index (κ3) is 4.60. The highest BCUT2D eigenvalue weighted by Crippen LogP contribution is 2.27. The summed E-state index contributed by atoms with van der Waals surface area (Å²) in [5.41, 5.74) is 1.23. The number of nitrogens with one attached hydrogen (secondary N) is 1. The lowest BCUT2D eigenvalue weighted by atomic mass is 10.2. The van der Waals surface area contributed by atoms with Crippen LogP contribution >= 0.6 is 27.3 Å². The van der Waals surface area contributed by atoms with E-state index >= 15 is 0 Å². The second-order valence-corrected chi connectivity index (χ2v) is 10.2. The summed E-state index contributed by atoms with van der Waals surface area (Å²) >= 11 is 4.64. The molecule has 8 nitrogen and oxygen atoms in total. The first-order chi connectivity index (χ1) is 14.4. The molecule has 11 heteroatoms. The van der Waals surface area contributed by atoms with Gasteiger partial charge in [-0.2, -0.15) is 4.31 Å². The van der Waals surface area contributed by atoms with Crippen molar-refractivity contribution >= 4 is 48.3 Å². The number of rotatable bonds is 5. The number of anilines is 1. The summed E-state index contributed by atoms with van der Waals surface area (Å²) in [6, 6.07) is 13.5. The maximum Gasteiger partial charge on any atom is 0.257 e. The monoisotopic (exact) mass is 508 g/mol. The normalized spacial score (nSPS) is 15.1. The molecule has 2 aromatic carbocycles. The molecular weight excluding hydrogens is 492 g/mol. The summed E-state index contributed by atoms with van der Waals surface area (Å²) in [5, 5.41) is 11.9. The van der Waals surface area contributed by atoms with Crippen LogP contribution in [0.25, 0.3) is 10.6 Å². The van der Waals surface area contributed by atoms with Crippen molar-refractivity contribution < 1.29 is 17.9 Å². The molecule has 1 fully saturated rings. The highest BCUT2D eigenvalue weighted by molar-refractivity contribution is 9.10. The SMILES string of the molecule is O=C(Nc1nnc(-c2ccc(Br)cc2)s1)c1ccc(S(=O)(=O)N2CCOCC2)cc1. The number of nitrogens with zero attached hydrogens (tertiary/aromatic N) is 3. The number of carbonyl (C=O) groups is 1. The molecule has 1 aliphatic heterocycles. The van der Waals surface area contributed by atoms with Gasteiger partial charge in [-0.1, -0.05) is 39.4 Å². The zero-order valence-electron chi connectivity index (χ0n) is 15.6. The van der Waals surface area contributed by atoms with Gasteiger partial charge in [0.1, 0.15) is 5.01 Å². The predicted octanol–water partition coefficient (Wildman–Crippen LogP) is 3.24. The lowest BCUT2D eigenvalue weighted by molar-refractivity contribution is 0.0730. The van der Waals surface area contributed by atoms with Crippen LogP contribution in [0, 0.1) is 0 Å². The Morgan fingerprint density at radius 2 is 1.70 bits per heavy atom. The molecule has 4 rings (SSSR count). The molecule has 1 aromatic heterocycles. The van der Waals surface area contributed by atoms with E-state index in [2.05, 4.69) is 31.4 Å². The van der Waals surface area contributed by atoms with Crippen LogP contribution in [0.5, 0.6) is 0 Å². The highest BCUT2D eigenvalue weighted by Gasteiger charge is 2.26. The standard InChI is InChI=1S/C19H17BrN4O4S2/c20-15-5-1-14(2-6-15)18-22-23-19(29-18)21-17(25)13-3-7-16(8-4-13)30(26,27)24-9-11-28-12-10-24/h1-8H,9-12H2,(H,21,23,25). The van der Waals surface area contributed by atoms with E-state index in [1.54, 1.807) is 0 Å². The lowest BCUT2D eigenvalue weighted by Gasteiger charge is -2.26. The quantitative estimate of drug-likeness (QED) is 0.567. The van der Waals surface area contributed by atoms with Gasteiger partial charge in [0.25, 0.3) is 5.91 Å². The number of hydrogen-bond acceptors (Lipinski definition) is 7. The highest BCUT2D eigenvalue weighted by atomic mass is 79.9. The van der Waals surface area contributed by atoms with Gasteiger partial charge in [0, 0.05) is 28.7 Å². The molecule has 0 saturated carbocycles. The van der Waals surface area contributed by atoms with Crippen LogP contribution in [0.4, 0.5) is 5.13 Å². The van der Waals surface area contributed by atoms with Crippen molar-refractivity contribution in [1.82, 2.24) is 14.5 Å². The molecule has 0 aliphatic carbocycles. The summed E-state index contributed by atoms with van der Waals surface area (Å²) in [6.45, 7) is 1.40. The molecule has 2 heterocycles.